The van der Waals surface area contributed by atoms with Gasteiger partial charge in [0.05, 0.1) is 6.04 Å². The summed E-state index contributed by atoms with van der Waals surface area (Å²) in [5, 5.41) is 12.7. The zero-order chi connectivity index (χ0) is 14.2. The normalized spacial score (nSPS) is 23.5. The van der Waals surface area contributed by atoms with Gasteiger partial charge < -0.3 is 10.0 Å². The first-order valence-electron chi connectivity index (χ1n) is 7.18. The molecule has 104 valence electrons. The minimum Gasteiger partial charge on any atom is -0.370 e. The van der Waals surface area contributed by atoms with Gasteiger partial charge in [0, 0.05) is 6.20 Å². The molecule has 2 aliphatic heterocycles. The van der Waals surface area contributed by atoms with Crippen LogP contribution in [0.4, 0.5) is 0 Å². The molecule has 2 aromatic carbocycles. The molecule has 0 saturated carbocycles. The zero-order valence-corrected chi connectivity index (χ0v) is 11.6. The Bertz CT molecular complexity index is 776. The van der Waals surface area contributed by atoms with E-state index in [4.69, 9.17) is 0 Å². The third-order valence-electron chi connectivity index (χ3n) is 4.09. The maximum atomic E-state index is 10.2. The van der Waals surface area contributed by atoms with E-state index in [9.17, 15) is 5.11 Å². The van der Waals surface area contributed by atoms with E-state index in [0.29, 0.717) is 0 Å². The van der Waals surface area contributed by atoms with Crippen LogP contribution < -0.4 is 0 Å². The number of allylic oxidation sites excluding steroid dienone is 2. The van der Waals surface area contributed by atoms with Crippen molar-refractivity contribution in [2.24, 2.45) is 4.99 Å². The lowest BCUT2D eigenvalue weighted by atomic mass is 10.0. The number of hydrogen-bond donors (Lipinski definition) is 1. The fourth-order valence-corrected chi connectivity index (χ4v) is 3.01. The first-order chi connectivity index (χ1) is 10.3. The van der Waals surface area contributed by atoms with E-state index in [2.05, 4.69) is 46.3 Å². The molecular formula is C18H16N2O. The van der Waals surface area contributed by atoms with Crippen LogP contribution in [-0.4, -0.2) is 28.1 Å². The summed E-state index contributed by atoms with van der Waals surface area (Å²) >= 11 is 0. The molecule has 2 unspecified atom stereocenters. The highest BCUT2D eigenvalue weighted by molar-refractivity contribution is 5.96. The molecule has 0 saturated heterocycles. The quantitative estimate of drug-likeness (QED) is 0.915. The number of rotatable bonds is 2. The molecule has 2 atom stereocenters. The van der Waals surface area contributed by atoms with Crippen LogP contribution in [0.1, 0.15) is 5.56 Å². The Morgan fingerprint density at radius 1 is 1.05 bits per heavy atom. The summed E-state index contributed by atoms with van der Waals surface area (Å²) < 4.78 is 0. The van der Waals surface area contributed by atoms with E-state index in [1.165, 1.54) is 16.3 Å². The number of aliphatic hydroxyl groups excluding tert-OH is 1. The Labute approximate surface area is 123 Å². The van der Waals surface area contributed by atoms with Crippen molar-refractivity contribution < 1.29 is 5.11 Å². The first-order valence-corrected chi connectivity index (χ1v) is 7.18. The second kappa shape index (κ2) is 4.86. The van der Waals surface area contributed by atoms with E-state index in [0.717, 1.165) is 12.3 Å². The van der Waals surface area contributed by atoms with Gasteiger partial charge in [-0.1, -0.05) is 48.5 Å². The fraction of sp³-hybridized carbons (Fsp3) is 0.167. The van der Waals surface area contributed by atoms with Gasteiger partial charge >= 0.3 is 0 Å². The van der Waals surface area contributed by atoms with Crippen molar-refractivity contribution in [3.8, 4) is 0 Å². The van der Waals surface area contributed by atoms with Gasteiger partial charge in [-0.15, -0.1) is 0 Å². The Kier molecular flexibility index (Phi) is 2.86. The van der Waals surface area contributed by atoms with E-state index in [1.807, 2.05) is 30.5 Å². The van der Waals surface area contributed by atoms with Crippen LogP contribution in [0.3, 0.4) is 0 Å². The molecule has 0 aromatic heterocycles. The number of benzene rings is 2. The molecule has 0 radical (unpaired) electrons. The molecule has 4 rings (SSSR count). The molecule has 0 aliphatic carbocycles. The van der Waals surface area contributed by atoms with Crippen LogP contribution in [0.5, 0.6) is 0 Å². The predicted molar refractivity (Wildman–Crippen MR) is 85.0 cm³/mol. The smallest absolute Gasteiger partial charge is 0.168 e. The summed E-state index contributed by atoms with van der Waals surface area (Å²) in [5.74, 6) is 0.843. The predicted octanol–water partition coefficient (Wildman–Crippen LogP) is 2.87. The second-order valence-electron chi connectivity index (χ2n) is 5.46. The van der Waals surface area contributed by atoms with Crippen LogP contribution in [0.2, 0.25) is 0 Å². The lowest BCUT2D eigenvalue weighted by Crippen LogP contribution is -2.37. The molecule has 21 heavy (non-hydrogen) atoms. The molecule has 0 amide bonds. The Hall–Kier alpha value is -2.39. The van der Waals surface area contributed by atoms with Crippen molar-refractivity contribution in [3.63, 3.8) is 0 Å². The highest BCUT2D eigenvalue weighted by atomic mass is 16.3. The van der Waals surface area contributed by atoms with Gasteiger partial charge in [0.25, 0.3) is 0 Å². The monoisotopic (exact) mass is 276 g/mol. The van der Waals surface area contributed by atoms with Crippen molar-refractivity contribution in [3.05, 3.63) is 72.5 Å². The SMILES string of the molecule is OC1N=C2C=CC=CN2C1Cc1ccc2ccccc2c1. The van der Waals surface area contributed by atoms with Crippen molar-refractivity contribution >= 4 is 16.6 Å². The zero-order valence-electron chi connectivity index (χ0n) is 11.6. The molecule has 3 nitrogen and oxygen atoms in total. The number of nitrogens with zero attached hydrogens (tertiary/aromatic N) is 2. The summed E-state index contributed by atoms with van der Waals surface area (Å²) in [7, 11) is 0. The summed E-state index contributed by atoms with van der Waals surface area (Å²) in [6.07, 6.45) is 7.95. The number of amidine groups is 1. The van der Waals surface area contributed by atoms with Crippen LogP contribution in [-0.2, 0) is 6.42 Å². The number of aliphatic hydroxyl groups is 1. The number of fused-ring (bicyclic) bond motifs is 2. The molecule has 0 spiro atoms. The van der Waals surface area contributed by atoms with Gasteiger partial charge in [0.15, 0.2) is 6.23 Å². The largest absolute Gasteiger partial charge is 0.370 e. The van der Waals surface area contributed by atoms with E-state index in [-0.39, 0.29) is 6.04 Å². The molecule has 2 aromatic rings. The van der Waals surface area contributed by atoms with Crippen molar-refractivity contribution in [1.82, 2.24) is 4.90 Å². The highest BCUT2D eigenvalue weighted by Gasteiger charge is 2.33. The van der Waals surface area contributed by atoms with E-state index in [1.54, 1.807) is 0 Å². The molecule has 1 N–H and O–H groups in total. The third-order valence-corrected chi connectivity index (χ3v) is 4.09. The average molecular weight is 276 g/mol. The van der Waals surface area contributed by atoms with Crippen LogP contribution in [0.25, 0.3) is 10.8 Å². The lowest BCUT2D eigenvalue weighted by molar-refractivity contribution is 0.129. The van der Waals surface area contributed by atoms with Crippen molar-refractivity contribution in [1.29, 1.82) is 0 Å². The van der Waals surface area contributed by atoms with Gasteiger partial charge in [0.1, 0.15) is 5.84 Å². The minimum atomic E-state index is -0.668. The second-order valence-corrected chi connectivity index (χ2v) is 5.46. The molecule has 3 heteroatoms. The van der Waals surface area contributed by atoms with Gasteiger partial charge in [-0.2, -0.15) is 0 Å². The first kappa shape index (κ1) is 12.4. The van der Waals surface area contributed by atoms with E-state index >= 15 is 0 Å². The Morgan fingerprint density at radius 3 is 2.81 bits per heavy atom. The Morgan fingerprint density at radius 2 is 1.90 bits per heavy atom. The van der Waals surface area contributed by atoms with Gasteiger partial charge in [-0.25, -0.2) is 4.99 Å². The maximum absolute atomic E-state index is 10.2. The van der Waals surface area contributed by atoms with Gasteiger partial charge in [-0.3, -0.25) is 0 Å². The summed E-state index contributed by atoms with van der Waals surface area (Å²) in [4.78, 5) is 6.37. The molecular weight excluding hydrogens is 260 g/mol. The fourth-order valence-electron chi connectivity index (χ4n) is 3.01. The summed E-state index contributed by atoms with van der Waals surface area (Å²) in [5.41, 5.74) is 1.22. The molecule has 0 fully saturated rings. The standard InChI is InChI=1S/C18H16N2O/c21-18-16(20-10-4-3-7-17(20)19-18)12-13-8-9-14-5-1-2-6-15(14)11-13/h1-11,16,18,21H,12H2. The van der Waals surface area contributed by atoms with Crippen molar-refractivity contribution in [2.45, 2.75) is 18.7 Å². The lowest BCUT2D eigenvalue weighted by Gasteiger charge is -2.26. The van der Waals surface area contributed by atoms with Crippen LogP contribution in [0.15, 0.2) is 71.9 Å². The third kappa shape index (κ3) is 2.16. The van der Waals surface area contributed by atoms with Gasteiger partial charge in [-0.05, 0) is 34.9 Å². The molecule has 2 aliphatic rings. The van der Waals surface area contributed by atoms with Crippen LogP contribution >= 0.6 is 0 Å². The maximum Gasteiger partial charge on any atom is 0.168 e. The Balaban J connectivity index is 1.63. The average Bonchev–Trinajstić information content (AvgIpc) is 2.83. The topological polar surface area (TPSA) is 35.8 Å². The van der Waals surface area contributed by atoms with Gasteiger partial charge in [0.2, 0.25) is 0 Å². The van der Waals surface area contributed by atoms with E-state index < -0.39 is 6.23 Å². The minimum absolute atomic E-state index is 0.0256. The summed E-state index contributed by atoms with van der Waals surface area (Å²) in [6.45, 7) is 0. The van der Waals surface area contributed by atoms with Crippen LogP contribution in [0, 0.1) is 0 Å². The molecule has 2 heterocycles. The van der Waals surface area contributed by atoms with Crippen molar-refractivity contribution in [2.75, 3.05) is 0 Å². The number of hydrogen-bond acceptors (Lipinski definition) is 3. The molecule has 0 bridgehead atoms. The summed E-state index contributed by atoms with van der Waals surface area (Å²) in [6, 6.07) is 14.8. The highest BCUT2D eigenvalue weighted by Crippen LogP contribution is 2.24. The number of aliphatic imine (C=N–C) groups is 1.